The van der Waals surface area contributed by atoms with Gasteiger partial charge >= 0.3 is 0 Å². The summed E-state index contributed by atoms with van der Waals surface area (Å²) < 4.78 is 0. The number of thiocarbonyl (C=S) groups is 1. The molecule has 0 spiro atoms. The maximum absolute atomic E-state index is 11.8. The lowest BCUT2D eigenvalue weighted by atomic mass is 9.92. The predicted octanol–water partition coefficient (Wildman–Crippen LogP) is 0.757. The zero-order valence-corrected chi connectivity index (χ0v) is 11.5. The molecule has 0 atom stereocenters. The standard InChI is InChI=1S/C11H23N3OS/c1-5-14(6-2)8-7-13-10(15)11(3,4)9(12)16/h5-8H2,1-4H3,(H2,12,16)(H,13,15). The van der Waals surface area contributed by atoms with Crippen molar-refractivity contribution in [1.82, 2.24) is 10.2 Å². The van der Waals surface area contributed by atoms with Gasteiger partial charge in [-0.1, -0.05) is 26.1 Å². The third-order valence-corrected chi connectivity index (χ3v) is 3.30. The average molecular weight is 245 g/mol. The van der Waals surface area contributed by atoms with E-state index in [0.717, 1.165) is 19.6 Å². The van der Waals surface area contributed by atoms with Crippen LogP contribution in [-0.2, 0) is 4.79 Å². The van der Waals surface area contributed by atoms with Crippen LogP contribution in [0.25, 0.3) is 0 Å². The molecule has 0 bridgehead atoms. The molecule has 0 aromatic rings. The molecule has 0 aliphatic heterocycles. The SMILES string of the molecule is CCN(CC)CCNC(=O)C(C)(C)C(N)=S. The summed E-state index contributed by atoms with van der Waals surface area (Å²) in [5, 5.41) is 2.86. The number of hydrogen-bond donors (Lipinski definition) is 2. The van der Waals surface area contributed by atoms with Crippen molar-refractivity contribution in [3.05, 3.63) is 0 Å². The highest BCUT2D eigenvalue weighted by Gasteiger charge is 2.30. The van der Waals surface area contributed by atoms with Crippen molar-refractivity contribution in [2.45, 2.75) is 27.7 Å². The molecule has 5 heteroatoms. The lowest BCUT2D eigenvalue weighted by molar-refractivity contribution is -0.126. The van der Waals surface area contributed by atoms with E-state index >= 15 is 0 Å². The van der Waals surface area contributed by atoms with Gasteiger partial charge in [-0.15, -0.1) is 0 Å². The van der Waals surface area contributed by atoms with Gasteiger partial charge in [0.25, 0.3) is 0 Å². The number of nitrogens with one attached hydrogen (secondary N) is 1. The Morgan fingerprint density at radius 1 is 1.38 bits per heavy atom. The van der Waals surface area contributed by atoms with E-state index in [1.807, 2.05) is 0 Å². The van der Waals surface area contributed by atoms with Gasteiger partial charge in [-0.2, -0.15) is 0 Å². The molecule has 0 rings (SSSR count). The van der Waals surface area contributed by atoms with Gasteiger partial charge in [0, 0.05) is 13.1 Å². The Labute approximate surface area is 104 Å². The zero-order chi connectivity index (χ0) is 12.8. The Balaban J connectivity index is 4.04. The third kappa shape index (κ3) is 4.45. The quantitative estimate of drug-likeness (QED) is 0.650. The number of nitrogens with zero attached hydrogens (tertiary/aromatic N) is 1. The molecule has 4 nitrogen and oxygen atoms in total. The molecule has 0 radical (unpaired) electrons. The Bertz CT molecular complexity index is 250. The largest absolute Gasteiger partial charge is 0.392 e. The van der Waals surface area contributed by atoms with Gasteiger partial charge in [0.1, 0.15) is 0 Å². The molecule has 0 saturated heterocycles. The first-order valence-electron chi connectivity index (χ1n) is 5.66. The number of amides is 1. The van der Waals surface area contributed by atoms with Crippen LogP contribution in [-0.4, -0.2) is 42.0 Å². The van der Waals surface area contributed by atoms with E-state index in [4.69, 9.17) is 18.0 Å². The van der Waals surface area contributed by atoms with Gasteiger partial charge in [0.15, 0.2) is 0 Å². The number of likely N-dealkylation sites (N-methyl/N-ethyl adjacent to an activating group) is 1. The molecule has 0 aliphatic rings. The van der Waals surface area contributed by atoms with Crippen LogP contribution in [0.1, 0.15) is 27.7 Å². The molecule has 0 aromatic carbocycles. The van der Waals surface area contributed by atoms with Crippen LogP contribution in [0.15, 0.2) is 0 Å². The molecule has 3 N–H and O–H groups in total. The summed E-state index contributed by atoms with van der Waals surface area (Å²) in [6, 6.07) is 0. The molecule has 0 aliphatic carbocycles. The summed E-state index contributed by atoms with van der Waals surface area (Å²) in [4.78, 5) is 14.2. The highest BCUT2D eigenvalue weighted by molar-refractivity contribution is 7.80. The summed E-state index contributed by atoms with van der Waals surface area (Å²) in [6.07, 6.45) is 0. The Kier molecular flexibility index (Phi) is 6.52. The lowest BCUT2D eigenvalue weighted by Crippen LogP contribution is -2.46. The predicted molar refractivity (Wildman–Crippen MR) is 71.4 cm³/mol. The Hall–Kier alpha value is -0.680. The van der Waals surface area contributed by atoms with Gasteiger partial charge in [0.05, 0.1) is 10.4 Å². The average Bonchev–Trinajstić information content (AvgIpc) is 2.23. The molecule has 1 amide bonds. The summed E-state index contributed by atoms with van der Waals surface area (Å²) in [5.74, 6) is -0.104. The molecular formula is C11H23N3OS. The van der Waals surface area contributed by atoms with Crippen LogP contribution in [0, 0.1) is 5.41 Å². The van der Waals surface area contributed by atoms with Crippen molar-refractivity contribution < 1.29 is 4.79 Å². The molecule has 0 unspecified atom stereocenters. The monoisotopic (exact) mass is 245 g/mol. The molecule has 0 aromatic heterocycles. The van der Waals surface area contributed by atoms with Crippen molar-refractivity contribution in [3.8, 4) is 0 Å². The van der Waals surface area contributed by atoms with Gasteiger partial charge in [-0.25, -0.2) is 0 Å². The minimum absolute atomic E-state index is 0.104. The number of rotatable bonds is 7. The number of nitrogens with two attached hydrogens (primary N) is 1. The van der Waals surface area contributed by atoms with Gasteiger partial charge in [0.2, 0.25) is 5.91 Å². The highest BCUT2D eigenvalue weighted by atomic mass is 32.1. The van der Waals surface area contributed by atoms with Crippen LogP contribution in [0.5, 0.6) is 0 Å². The molecule has 0 saturated carbocycles. The van der Waals surface area contributed by atoms with Crippen LogP contribution in [0.3, 0.4) is 0 Å². The first-order valence-corrected chi connectivity index (χ1v) is 6.07. The van der Waals surface area contributed by atoms with E-state index in [2.05, 4.69) is 24.1 Å². The minimum atomic E-state index is -0.765. The smallest absolute Gasteiger partial charge is 0.232 e. The van der Waals surface area contributed by atoms with Crippen molar-refractivity contribution in [3.63, 3.8) is 0 Å². The summed E-state index contributed by atoms with van der Waals surface area (Å²) in [5.41, 5.74) is 4.75. The summed E-state index contributed by atoms with van der Waals surface area (Å²) in [7, 11) is 0. The fourth-order valence-electron chi connectivity index (χ4n) is 1.20. The second-order valence-electron chi connectivity index (χ2n) is 4.27. The van der Waals surface area contributed by atoms with Crippen molar-refractivity contribution >= 4 is 23.1 Å². The second kappa shape index (κ2) is 6.81. The number of carbonyl (C=O) groups is 1. The van der Waals surface area contributed by atoms with E-state index < -0.39 is 5.41 Å². The zero-order valence-electron chi connectivity index (χ0n) is 10.7. The maximum Gasteiger partial charge on any atom is 0.232 e. The highest BCUT2D eigenvalue weighted by Crippen LogP contribution is 2.14. The molecular weight excluding hydrogens is 222 g/mol. The Morgan fingerprint density at radius 2 is 1.88 bits per heavy atom. The fraction of sp³-hybridized carbons (Fsp3) is 0.818. The van der Waals surface area contributed by atoms with Crippen molar-refractivity contribution in [2.75, 3.05) is 26.2 Å². The number of hydrogen-bond acceptors (Lipinski definition) is 3. The van der Waals surface area contributed by atoms with E-state index in [-0.39, 0.29) is 10.9 Å². The molecule has 0 fully saturated rings. The van der Waals surface area contributed by atoms with Crippen molar-refractivity contribution in [1.29, 1.82) is 0 Å². The molecule has 0 heterocycles. The number of carbonyl (C=O) groups excluding carboxylic acids is 1. The van der Waals surface area contributed by atoms with Crippen molar-refractivity contribution in [2.24, 2.45) is 11.1 Å². The fourth-order valence-corrected chi connectivity index (χ4v) is 1.29. The first-order chi connectivity index (χ1) is 7.36. The van der Waals surface area contributed by atoms with E-state index in [1.54, 1.807) is 13.8 Å². The normalized spacial score (nSPS) is 11.6. The minimum Gasteiger partial charge on any atom is -0.392 e. The topological polar surface area (TPSA) is 58.4 Å². The summed E-state index contributed by atoms with van der Waals surface area (Å²) in [6.45, 7) is 11.1. The Morgan fingerprint density at radius 3 is 2.25 bits per heavy atom. The van der Waals surface area contributed by atoms with E-state index in [1.165, 1.54) is 0 Å². The van der Waals surface area contributed by atoms with E-state index in [0.29, 0.717) is 6.54 Å². The van der Waals surface area contributed by atoms with Crippen LogP contribution in [0.4, 0.5) is 0 Å². The van der Waals surface area contributed by atoms with Gasteiger partial charge < -0.3 is 16.0 Å². The van der Waals surface area contributed by atoms with Crippen LogP contribution < -0.4 is 11.1 Å². The molecule has 16 heavy (non-hydrogen) atoms. The third-order valence-electron chi connectivity index (χ3n) is 2.79. The van der Waals surface area contributed by atoms with Crippen LogP contribution >= 0.6 is 12.2 Å². The summed E-state index contributed by atoms with van der Waals surface area (Å²) >= 11 is 4.86. The van der Waals surface area contributed by atoms with Gasteiger partial charge in [-0.05, 0) is 26.9 Å². The first kappa shape index (κ1) is 15.3. The molecule has 94 valence electrons. The lowest BCUT2D eigenvalue weighted by Gasteiger charge is -2.23. The van der Waals surface area contributed by atoms with Crippen LogP contribution in [0.2, 0.25) is 0 Å². The van der Waals surface area contributed by atoms with E-state index in [9.17, 15) is 4.79 Å². The van der Waals surface area contributed by atoms with Gasteiger partial charge in [-0.3, -0.25) is 4.79 Å². The maximum atomic E-state index is 11.8. The second-order valence-corrected chi connectivity index (χ2v) is 4.71.